The Bertz CT molecular complexity index is 1080. The number of anilines is 2. The Labute approximate surface area is 189 Å². The Balaban J connectivity index is 1.57. The molecule has 1 fully saturated rings. The third kappa shape index (κ3) is 4.10. The van der Waals surface area contributed by atoms with E-state index in [1.807, 2.05) is 0 Å². The molecule has 1 N–H and O–H groups in total. The third-order valence-corrected chi connectivity index (χ3v) is 6.60. The summed E-state index contributed by atoms with van der Waals surface area (Å²) in [7, 11) is 0. The van der Waals surface area contributed by atoms with Gasteiger partial charge in [-0.1, -0.05) is 23.5 Å². The quantitative estimate of drug-likeness (QED) is 0.693. The fourth-order valence-corrected chi connectivity index (χ4v) is 4.95. The van der Waals surface area contributed by atoms with E-state index in [1.54, 1.807) is 43.0 Å². The number of hydrogen-bond acceptors (Lipinski definition) is 7. The first-order chi connectivity index (χ1) is 15.4. The molecule has 0 unspecified atom stereocenters. The van der Waals surface area contributed by atoms with Crippen LogP contribution in [0.5, 0.6) is 0 Å². The number of fused-ring (bicyclic) bond motifs is 2. The monoisotopic (exact) mass is 456 g/mol. The number of esters is 1. The minimum absolute atomic E-state index is 0.184. The summed E-state index contributed by atoms with van der Waals surface area (Å²) in [5.74, 6) is -1.40. The molecule has 10 heteroatoms. The number of amides is 3. The number of thiazole rings is 1. The van der Waals surface area contributed by atoms with Crippen molar-refractivity contribution in [3.63, 3.8) is 0 Å². The summed E-state index contributed by atoms with van der Waals surface area (Å²) in [6.45, 7) is 3.88. The highest BCUT2D eigenvalue weighted by Crippen LogP contribution is 2.32. The first kappa shape index (κ1) is 21.9. The second kappa shape index (κ2) is 9.07. The largest absolute Gasteiger partial charge is 0.462 e. The first-order valence-corrected chi connectivity index (χ1v) is 11.4. The molecular weight excluding hydrogens is 432 g/mol. The van der Waals surface area contributed by atoms with Crippen LogP contribution in [0.2, 0.25) is 0 Å². The van der Waals surface area contributed by atoms with E-state index in [2.05, 4.69) is 10.3 Å². The van der Waals surface area contributed by atoms with Gasteiger partial charge in [-0.2, -0.15) is 0 Å². The topological polar surface area (TPSA) is 109 Å². The van der Waals surface area contributed by atoms with Gasteiger partial charge in [0.05, 0.1) is 23.6 Å². The molecule has 0 aliphatic carbocycles. The maximum absolute atomic E-state index is 13.4. The molecule has 0 bridgehead atoms. The standard InChI is InChI=1S/C22H24N4O5S/c1-3-31-21(30)18-13(2)23-22(32-18)24-17(27)12-26-15-9-5-4-8-14(15)19(28)25-11-7-6-10-16(25)20(26)29/h4-5,8-9,16H,3,6-7,10-12H2,1-2H3,(H,23,24,27)/t16-/m0/s1. The van der Waals surface area contributed by atoms with Crippen molar-refractivity contribution in [3.8, 4) is 0 Å². The number of ether oxygens (including phenoxy) is 1. The number of nitrogens with zero attached hydrogens (tertiary/aromatic N) is 3. The van der Waals surface area contributed by atoms with E-state index in [0.717, 1.165) is 24.2 Å². The first-order valence-electron chi connectivity index (χ1n) is 10.6. The number of aryl methyl sites for hydroxylation is 1. The summed E-state index contributed by atoms with van der Waals surface area (Å²) < 4.78 is 5.01. The van der Waals surface area contributed by atoms with Gasteiger partial charge in [0, 0.05) is 6.54 Å². The van der Waals surface area contributed by atoms with Gasteiger partial charge in [0.2, 0.25) is 11.8 Å². The molecule has 2 aliphatic rings. The number of aromatic nitrogens is 1. The zero-order valence-corrected chi connectivity index (χ0v) is 18.7. The average Bonchev–Trinajstić information content (AvgIpc) is 3.13. The van der Waals surface area contributed by atoms with Crippen molar-refractivity contribution in [2.75, 3.05) is 29.9 Å². The SMILES string of the molecule is CCOC(=O)c1sc(NC(=O)CN2C(=O)[C@@H]3CCCCN3C(=O)c3ccccc32)nc1C. The zero-order valence-electron chi connectivity index (χ0n) is 17.9. The van der Waals surface area contributed by atoms with Gasteiger partial charge in [0.25, 0.3) is 5.91 Å². The van der Waals surface area contributed by atoms with E-state index in [4.69, 9.17) is 4.74 Å². The molecule has 168 valence electrons. The van der Waals surface area contributed by atoms with Crippen LogP contribution in [0.4, 0.5) is 10.8 Å². The minimum Gasteiger partial charge on any atom is -0.462 e. The van der Waals surface area contributed by atoms with Crippen LogP contribution in [-0.4, -0.2) is 59.3 Å². The number of benzene rings is 1. The van der Waals surface area contributed by atoms with Crippen LogP contribution in [-0.2, 0) is 14.3 Å². The number of carbonyl (C=O) groups is 4. The Morgan fingerprint density at radius 3 is 2.81 bits per heavy atom. The van der Waals surface area contributed by atoms with E-state index in [1.165, 1.54) is 4.90 Å². The molecule has 4 rings (SSSR count). The molecule has 9 nitrogen and oxygen atoms in total. The van der Waals surface area contributed by atoms with Crippen LogP contribution in [0.1, 0.15) is 51.9 Å². The Morgan fingerprint density at radius 2 is 2.03 bits per heavy atom. The number of nitrogens with one attached hydrogen (secondary N) is 1. The zero-order chi connectivity index (χ0) is 22.8. The van der Waals surface area contributed by atoms with Crippen LogP contribution in [0, 0.1) is 6.92 Å². The van der Waals surface area contributed by atoms with Crippen molar-refractivity contribution in [2.45, 2.75) is 39.2 Å². The lowest BCUT2D eigenvalue weighted by Gasteiger charge is -2.34. The molecule has 0 radical (unpaired) electrons. The lowest BCUT2D eigenvalue weighted by molar-refractivity contribution is -0.125. The van der Waals surface area contributed by atoms with Crippen molar-refractivity contribution in [1.29, 1.82) is 0 Å². The highest BCUT2D eigenvalue weighted by Gasteiger charge is 2.41. The lowest BCUT2D eigenvalue weighted by atomic mass is 10.0. The Hall–Kier alpha value is -3.27. The average molecular weight is 457 g/mol. The van der Waals surface area contributed by atoms with Gasteiger partial charge >= 0.3 is 5.97 Å². The van der Waals surface area contributed by atoms with Gasteiger partial charge < -0.3 is 19.9 Å². The number of piperidine rings is 1. The van der Waals surface area contributed by atoms with Gasteiger partial charge in [0.1, 0.15) is 17.5 Å². The van der Waals surface area contributed by atoms with Crippen LogP contribution in [0.25, 0.3) is 0 Å². The number of para-hydroxylation sites is 1. The molecule has 0 spiro atoms. The fourth-order valence-electron chi connectivity index (χ4n) is 4.08. The predicted octanol–water partition coefficient (Wildman–Crippen LogP) is 2.61. The summed E-state index contributed by atoms with van der Waals surface area (Å²) >= 11 is 1.02. The van der Waals surface area contributed by atoms with Gasteiger partial charge in [-0.3, -0.25) is 14.4 Å². The molecule has 1 saturated heterocycles. The minimum atomic E-state index is -0.575. The van der Waals surface area contributed by atoms with Crippen molar-refractivity contribution in [1.82, 2.24) is 9.88 Å². The van der Waals surface area contributed by atoms with Crippen molar-refractivity contribution in [2.24, 2.45) is 0 Å². The van der Waals surface area contributed by atoms with Crippen molar-refractivity contribution < 1.29 is 23.9 Å². The molecule has 1 aromatic heterocycles. The molecular formula is C22H24N4O5S. The maximum Gasteiger partial charge on any atom is 0.350 e. The van der Waals surface area contributed by atoms with E-state index in [9.17, 15) is 19.2 Å². The molecule has 2 aromatic rings. The highest BCUT2D eigenvalue weighted by atomic mass is 32.1. The number of carbonyl (C=O) groups excluding carboxylic acids is 4. The summed E-state index contributed by atoms with van der Waals surface area (Å²) in [5.41, 5.74) is 1.30. The Kier molecular flexibility index (Phi) is 6.22. The summed E-state index contributed by atoms with van der Waals surface area (Å²) in [6.07, 6.45) is 2.28. The van der Waals surface area contributed by atoms with Gasteiger partial charge in [0.15, 0.2) is 5.13 Å². The van der Waals surface area contributed by atoms with Gasteiger partial charge in [-0.05, 0) is 45.2 Å². The molecule has 32 heavy (non-hydrogen) atoms. The highest BCUT2D eigenvalue weighted by molar-refractivity contribution is 7.17. The van der Waals surface area contributed by atoms with Crippen molar-refractivity contribution >= 4 is 45.8 Å². The van der Waals surface area contributed by atoms with E-state index in [0.29, 0.717) is 34.8 Å². The van der Waals surface area contributed by atoms with Crippen LogP contribution in [0.3, 0.4) is 0 Å². The molecule has 1 aromatic carbocycles. The maximum atomic E-state index is 13.4. The van der Waals surface area contributed by atoms with E-state index < -0.39 is 17.9 Å². The lowest BCUT2D eigenvalue weighted by Crippen LogP contribution is -2.52. The summed E-state index contributed by atoms with van der Waals surface area (Å²) in [5, 5.41) is 2.92. The molecule has 1 atom stereocenters. The van der Waals surface area contributed by atoms with Gasteiger partial charge in [-0.15, -0.1) is 0 Å². The number of hydrogen-bond donors (Lipinski definition) is 1. The summed E-state index contributed by atoms with van der Waals surface area (Å²) in [6, 6.07) is 6.28. The molecule has 0 saturated carbocycles. The Morgan fingerprint density at radius 1 is 1.25 bits per heavy atom. The normalized spacial score (nSPS) is 18.0. The van der Waals surface area contributed by atoms with E-state index in [-0.39, 0.29) is 30.1 Å². The second-order valence-electron chi connectivity index (χ2n) is 7.65. The third-order valence-electron chi connectivity index (χ3n) is 5.55. The molecule has 3 amide bonds. The van der Waals surface area contributed by atoms with E-state index >= 15 is 0 Å². The predicted molar refractivity (Wildman–Crippen MR) is 119 cm³/mol. The van der Waals surface area contributed by atoms with Crippen LogP contribution < -0.4 is 10.2 Å². The molecule has 3 heterocycles. The van der Waals surface area contributed by atoms with Crippen LogP contribution in [0.15, 0.2) is 24.3 Å². The second-order valence-corrected chi connectivity index (χ2v) is 8.65. The van der Waals surface area contributed by atoms with Crippen LogP contribution >= 0.6 is 11.3 Å². The smallest absolute Gasteiger partial charge is 0.350 e. The molecule has 2 aliphatic heterocycles. The fraction of sp³-hybridized carbons (Fsp3) is 0.409. The van der Waals surface area contributed by atoms with Gasteiger partial charge in [-0.25, -0.2) is 9.78 Å². The number of rotatable bonds is 5. The summed E-state index contributed by atoms with van der Waals surface area (Å²) in [4.78, 5) is 58.9. The van der Waals surface area contributed by atoms with Crippen molar-refractivity contribution in [3.05, 3.63) is 40.4 Å².